The molecule has 0 bridgehead atoms. The summed E-state index contributed by atoms with van der Waals surface area (Å²) in [5.41, 5.74) is 10.00. The van der Waals surface area contributed by atoms with Gasteiger partial charge in [0.05, 0.1) is 33.7 Å². The van der Waals surface area contributed by atoms with Crippen molar-refractivity contribution in [3.05, 3.63) is 157 Å². The standard InChI is InChI=1S/C50H35N3O3/c1-50(2,3)33-26-31(25-32(27-33)38-28-30(23-24-51-38)29-13-5-4-6-14-29)37-22-21-36-34-15-7-8-16-35(34)43-44(45(36)52-37)47(54)49-46-48(43)55-41-19-11-9-17-39(41)53(46)40-18-10-12-20-42(40)56-49/h4-28,54H,1-3H3. The molecule has 0 atom stereocenters. The molecule has 2 aromatic heterocycles. The summed E-state index contributed by atoms with van der Waals surface area (Å²) < 4.78 is 13.5. The molecule has 6 nitrogen and oxygen atoms in total. The highest BCUT2D eigenvalue weighted by Crippen LogP contribution is 2.65. The second kappa shape index (κ2) is 11.9. The average molecular weight is 726 g/mol. The van der Waals surface area contributed by atoms with Gasteiger partial charge >= 0.3 is 0 Å². The van der Waals surface area contributed by atoms with Gasteiger partial charge in [-0.25, -0.2) is 4.98 Å². The van der Waals surface area contributed by atoms with Gasteiger partial charge in [-0.3, -0.25) is 9.88 Å². The first-order valence-electron chi connectivity index (χ1n) is 18.9. The van der Waals surface area contributed by atoms with Crippen molar-refractivity contribution < 1.29 is 14.6 Å². The molecular formula is C50H35N3O3. The van der Waals surface area contributed by atoms with Gasteiger partial charge in [0.25, 0.3) is 0 Å². The summed E-state index contributed by atoms with van der Waals surface area (Å²) in [4.78, 5) is 12.4. The minimum absolute atomic E-state index is 0.0210. The third-order valence-electron chi connectivity index (χ3n) is 11.1. The first-order chi connectivity index (χ1) is 27.3. The molecule has 0 spiro atoms. The van der Waals surface area contributed by atoms with E-state index in [2.05, 4.69) is 105 Å². The number of hydrogen-bond acceptors (Lipinski definition) is 6. The van der Waals surface area contributed by atoms with E-state index < -0.39 is 0 Å². The number of aromatic nitrogens is 2. The highest BCUT2D eigenvalue weighted by Gasteiger charge is 2.39. The fraction of sp³-hybridized carbons (Fsp3) is 0.0800. The first-order valence-corrected chi connectivity index (χ1v) is 18.9. The van der Waals surface area contributed by atoms with E-state index in [9.17, 15) is 5.11 Å². The number of aromatic hydroxyl groups is 1. The van der Waals surface area contributed by atoms with E-state index in [1.54, 1.807) is 0 Å². The number of benzene rings is 7. The number of para-hydroxylation sites is 4. The van der Waals surface area contributed by atoms with Crippen LogP contribution in [0.1, 0.15) is 26.3 Å². The molecule has 268 valence electrons. The maximum absolute atomic E-state index is 12.6. The molecule has 0 fully saturated rings. The van der Waals surface area contributed by atoms with Gasteiger partial charge in [-0.2, -0.15) is 0 Å². The van der Waals surface area contributed by atoms with E-state index in [0.717, 1.165) is 72.3 Å². The lowest BCUT2D eigenvalue weighted by Gasteiger charge is -2.38. The fourth-order valence-electron chi connectivity index (χ4n) is 8.33. The molecular weight excluding hydrogens is 691 g/mol. The van der Waals surface area contributed by atoms with Crippen molar-refractivity contribution in [2.75, 3.05) is 4.90 Å². The molecule has 2 aliphatic heterocycles. The lowest BCUT2D eigenvalue weighted by molar-refractivity contribution is 0.405. The van der Waals surface area contributed by atoms with E-state index in [1.807, 2.05) is 72.9 Å². The van der Waals surface area contributed by atoms with Gasteiger partial charge in [0.15, 0.2) is 28.7 Å². The molecule has 56 heavy (non-hydrogen) atoms. The molecule has 9 aromatic rings. The molecule has 0 saturated heterocycles. The van der Waals surface area contributed by atoms with Crippen LogP contribution in [0.15, 0.2) is 152 Å². The minimum atomic E-state index is -0.144. The zero-order chi connectivity index (χ0) is 37.7. The van der Waals surface area contributed by atoms with Crippen LogP contribution in [0.25, 0.3) is 66.1 Å². The van der Waals surface area contributed by atoms with Crippen molar-refractivity contribution in [2.24, 2.45) is 0 Å². The normalized spacial score (nSPS) is 12.9. The van der Waals surface area contributed by atoms with Crippen LogP contribution in [0.4, 0.5) is 17.1 Å². The molecule has 0 radical (unpaired) electrons. The number of anilines is 3. The van der Waals surface area contributed by atoms with Crippen LogP contribution in [0, 0.1) is 0 Å². The molecule has 0 unspecified atom stereocenters. The summed E-state index contributed by atoms with van der Waals surface area (Å²) in [6, 6.07) is 49.6. The Morgan fingerprint density at radius 2 is 1.18 bits per heavy atom. The van der Waals surface area contributed by atoms with Crippen LogP contribution in [0.3, 0.4) is 0 Å². The van der Waals surface area contributed by atoms with Crippen molar-refractivity contribution in [2.45, 2.75) is 26.2 Å². The predicted molar refractivity (Wildman–Crippen MR) is 226 cm³/mol. The zero-order valence-electron chi connectivity index (χ0n) is 31.0. The molecule has 4 heterocycles. The zero-order valence-corrected chi connectivity index (χ0v) is 31.0. The molecule has 1 N–H and O–H groups in total. The highest BCUT2D eigenvalue weighted by molar-refractivity contribution is 6.30. The number of phenolic OH excluding ortho intramolecular Hbond substituents is 1. The van der Waals surface area contributed by atoms with Crippen molar-refractivity contribution in [3.8, 4) is 62.4 Å². The van der Waals surface area contributed by atoms with Gasteiger partial charge < -0.3 is 14.6 Å². The molecule has 0 amide bonds. The Morgan fingerprint density at radius 1 is 0.536 bits per heavy atom. The van der Waals surface area contributed by atoms with Gasteiger partial charge in [0, 0.05) is 28.1 Å². The predicted octanol–water partition coefficient (Wildman–Crippen LogP) is 13.6. The quantitative estimate of drug-likeness (QED) is 0.183. The number of phenols is 1. The Labute approximate surface area is 323 Å². The average Bonchev–Trinajstić information content (AvgIpc) is 3.24. The SMILES string of the molecule is CC(C)(C)c1cc(-c2cc(-c3ccccc3)ccn2)cc(-c2ccc3c4ccccc4c4c5c6c(c(O)c4c3n2)Oc2ccccc2N6c2ccccc2O5)c1. The van der Waals surface area contributed by atoms with Gasteiger partial charge in [-0.05, 0) is 99.6 Å². The van der Waals surface area contributed by atoms with Crippen molar-refractivity contribution in [1.29, 1.82) is 0 Å². The third kappa shape index (κ3) is 4.82. The largest absolute Gasteiger partial charge is 0.504 e. The second-order valence-electron chi connectivity index (χ2n) is 15.6. The van der Waals surface area contributed by atoms with E-state index in [1.165, 1.54) is 5.56 Å². The Kier molecular flexibility index (Phi) is 6.86. The number of pyridine rings is 2. The van der Waals surface area contributed by atoms with Crippen LogP contribution in [0.5, 0.6) is 28.7 Å². The minimum Gasteiger partial charge on any atom is -0.504 e. The second-order valence-corrected chi connectivity index (χ2v) is 15.6. The summed E-state index contributed by atoms with van der Waals surface area (Å²) >= 11 is 0. The van der Waals surface area contributed by atoms with Crippen LogP contribution >= 0.6 is 0 Å². The molecule has 0 aliphatic carbocycles. The van der Waals surface area contributed by atoms with E-state index in [4.69, 9.17) is 19.4 Å². The van der Waals surface area contributed by atoms with Crippen LogP contribution < -0.4 is 14.4 Å². The number of nitrogens with zero attached hydrogens (tertiary/aromatic N) is 3. The van der Waals surface area contributed by atoms with E-state index >= 15 is 0 Å². The molecule has 2 aliphatic rings. The monoisotopic (exact) mass is 725 g/mol. The lowest BCUT2D eigenvalue weighted by atomic mass is 9.84. The van der Waals surface area contributed by atoms with Crippen LogP contribution in [0.2, 0.25) is 0 Å². The summed E-state index contributed by atoms with van der Waals surface area (Å²) in [5.74, 6) is 2.34. The summed E-state index contributed by atoms with van der Waals surface area (Å²) in [6.45, 7) is 6.68. The molecule has 0 saturated carbocycles. The van der Waals surface area contributed by atoms with Crippen molar-refractivity contribution in [3.63, 3.8) is 0 Å². The third-order valence-corrected chi connectivity index (χ3v) is 11.1. The Hall–Kier alpha value is -7.18. The molecule has 6 heteroatoms. The Bertz CT molecular complexity index is 3080. The lowest BCUT2D eigenvalue weighted by Crippen LogP contribution is -2.20. The summed E-state index contributed by atoms with van der Waals surface area (Å²) in [7, 11) is 0. The first kappa shape index (κ1) is 32.3. The van der Waals surface area contributed by atoms with E-state index in [-0.39, 0.29) is 11.2 Å². The number of hydrogen-bond donors (Lipinski definition) is 1. The van der Waals surface area contributed by atoms with Crippen molar-refractivity contribution >= 4 is 49.5 Å². The molecule has 11 rings (SSSR count). The number of ether oxygens (including phenoxy) is 2. The number of rotatable bonds is 3. The van der Waals surface area contributed by atoms with E-state index in [0.29, 0.717) is 33.8 Å². The summed E-state index contributed by atoms with van der Waals surface area (Å²) in [5, 5.41) is 16.8. The van der Waals surface area contributed by atoms with Crippen LogP contribution in [-0.4, -0.2) is 15.1 Å². The fourth-order valence-corrected chi connectivity index (χ4v) is 8.33. The Morgan fingerprint density at radius 3 is 1.91 bits per heavy atom. The van der Waals surface area contributed by atoms with Gasteiger partial charge in [0.1, 0.15) is 5.69 Å². The Balaban J connectivity index is 1.19. The van der Waals surface area contributed by atoms with Gasteiger partial charge in [-0.15, -0.1) is 0 Å². The molecule has 7 aromatic carbocycles. The van der Waals surface area contributed by atoms with Gasteiger partial charge in [0.2, 0.25) is 0 Å². The van der Waals surface area contributed by atoms with Crippen molar-refractivity contribution in [1.82, 2.24) is 9.97 Å². The summed E-state index contributed by atoms with van der Waals surface area (Å²) in [6.07, 6.45) is 1.88. The maximum atomic E-state index is 12.6. The smallest absolute Gasteiger partial charge is 0.197 e. The maximum Gasteiger partial charge on any atom is 0.197 e. The van der Waals surface area contributed by atoms with Crippen LogP contribution in [-0.2, 0) is 5.41 Å². The topological polar surface area (TPSA) is 67.7 Å². The number of fused-ring (bicyclic) bond motifs is 11. The highest BCUT2D eigenvalue weighted by atomic mass is 16.5. The van der Waals surface area contributed by atoms with Gasteiger partial charge in [-0.1, -0.05) is 99.6 Å².